The van der Waals surface area contributed by atoms with Gasteiger partial charge in [0.05, 0.1) is 0 Å². The Morgan fingerprint density at radius 3 is 1.43 bits per heavy atom. The van der Waals surface area contributed by atoms with Crippen LogP contribution in [0.2, 0.25) is 0 Å². The van der Waals surface area contributed by atoms with E-state index in [2.05, 4.69) is 56.7 Å². The summed E-state index contributed by atoms with van der Waals surface area (Å²) in [5.74, 6) is 4.40. The molecule has 4 N–H and O–H groups in total. The second kappa shape index (κ2) is 7.87. The summed E-state index contributed by atoms with van der Waals surface area (Å²) < 4.78 is 0. The van der Waals surface area contributed by atoms with E-state index in [-0.39, 0.29) is 0 Å². The summed E-state index contributed by atoms with van der Waals surface area (Å²) in [6.07, 6.45) is 0. The fourth-order valence-electron chi connectivity index (χ4n) is 5.73. The first-order chi connectivity index (χ1) is 19.8. The Bertz CT molecular complexity index is 2360. The van der Waals surface area contributed by atoms with Gasteiger partial charge in [-0.1, -0.05) is 97.1 Å². The lowest BCUT2D eigenvalue weighted by atomic mass is 10.1. The van der Waals surface area contributed by atoms with Crippen molar-refractivity contribution in [2.45, 2.75) is 0 Å². The van der Waals surface area contributed by atoms with Crippen molar-refractivity contribution < 1.29 is 0 Å². The molecule has 5 heterocycles. The van der Waals surface area contributed by atoms with Gasteiger partial charge in [-0.25, -0.2) is 20.0 Å². The van der Waals surface area contributed by atoms with Gasteiger partial charge in [0.1, 0.15) is 34.2 Å². The van der Waals surface area contributed by atoms with Gasteiger partial charge in [0.25, 0.3) is 0 Å². The second-order valence-electron chi connectivity index (χ2n) is 9.92. The molecule has 3 aromatic heterocycles. The highest BCUT2D eigenvalue weighted by Gasteiger charge is 2.23. The van der Waals surface area contributed by atoms with E-state index >= 15 is 0 Å². The normalized spacial score (nSPS) is 13.9. The third-order valence-electron chi connectivity index (χ3n) is 7.59. The monoisotopic (exact) mass is 516 g/mol. The molecular weight excluding hydrogens is 496 g/mol. The van der Waals surface area contributed by atoms with Crippen molar-refractivity contribution in [1.82, 2.24) is 15.0 Å². The topological polar surface area (TPSA) is 109 Å². The van der Waals surface area contributed by atoms with E-state index in [9.17, 15) is 0 Å². The molecular formula is C32H20N8. The minimum atomic E-state index is 0.613. The summed E-state index contributed by atoms with van der Waals surface area (Å²) in [6, 6.07) is 32.7. The SMILES string of the molecule is c1ccc2c(c1)C1=NC2=Nc2[nH]c(c3ccccc23)Nc2[nH]c(c3ccccc23)N=c2[nH]c(c3ccccc23)=N1. The minimum absolute atomic E-state index is 0.613. The Kier molecular flexibility index (Phi) is 4.17. The summed E-state index contributed by atoms with van der Waals surface area (Å²) in [6.45, 7) is 0. The zero-order chi connectivity index (χ0) is 26.2. The van der Waals surface area contributed by atoms with Crippen LogP contribution in [0.1, 0.15) is 11.1 Å². The van der Waals surface area contributed by atoms with E-state index in [0.29, 0.717) is 17.2 Å². The van der Waals surface area contributed by atoms with Gasteiger partial charge >= 0.3 is 0 Å². The van der Waals surface area contributed by atoms with Crippen LogP contribution in [-0.4, -0.2) is 26.6 Å². The summed E-state index contributed by atoms with van der Waals surface area (Å²) in [7, 11) is 0. The molecule has 2 aliphatic rings. The first kappa shape index (κ1) is 21.2. The van der Waals surface area contributed by atoms with Crippen LogP contribution in [0.3, 0.4) is 0 Å². The van der Waals surface area contributed by atoms with Crippen molar-refractivity contribution >= 4 is 67.3 Å². The number of anilines is 2. The summed E-state index contributed by atoms with van der Waals surface area (Å²) in [5.41, 5.74) is 3.32. The van der Waals surface area contributed by atoms with Crippen molar-refractivity contribution in [2.75, 3.05) is 5.32 Å². The number of aromatic amines is 3. The third-order valence-corrected chi connectivity index (χ3v) is 7.59. The van der Waals surface area contributed by atoms with Crippen molar-refractivity contribution in [3.63, 3.8) is 0 Å². The molecule has 0 atom stereocenters. The van der Waals surface area contributed by atoms with Crippen molar-refractivity contribution in [2.24, 2.45) is 20.0 Å². The number of H-pyrrole nitrogens is 3. The van der Waals surface area contributed by atoms with E-state index in [4.69, 9.17) is 20.0 Å². The van der Waals surface area contributed by atoms with Crippen molar-refractivity contribution in [3.8, 4) is 0 Å². The average Bonchev–Trinajstić information content (AvgIpc) is 3.73. The number of hydrogen-bond donors (Lipinski definition) is 4. The van der Waals surface area contributed by atoms with Crippen molar-refractivity contribution in [3.05, 3.63) is 119 Å². The Morgan fingerprint density at radius 1 is 0.375 bits per heavy atom. The van der Waals surface area contributed by atoms with E-state index in [1.54, 1.807) is 0 Å². The molecule has 0 aliphatic carbocycles. The molecule has 188 valence electrons. The highest BCUT2D eigenvalue weighted by molar-refractivity contribution is 6.23. The predicted octanol–water partition coefficient (Wildman–Crippen LogP) is 6.30. The molecule has 0 spiro atoms. The zero-order valence-electron chi connectivity index (χ0n) is 21.0. The minimum Gasteiger partial charge on any atom is -0.327 e. The summed E-state index contributed by atoms with van der Waals surface area (Å²) >= 11 is 0. The molecule has 0 saturated heterocycles. The number of nitrogens with one attached hydrogen (secondary N) is 4. The first-order valence-corrected chi connectivity index (χ1v) is 13.1. The lowest BCUT2D eigenvalue weighted by molar-refractivity contribution is 1.13. The molecule has 2 aliphatic heterocycles. The van der Waals surface area contributed by atoms with Gasteiger partial charge in [-0.15, -0.1) is 0 Å². The fraction of sp³-hybridized carbons (Fsp3) is 0. The molecule has 0 amide bonds. The number of nitrogens with zero attached hydrogens (tertiary/aromatic N) is 4. The number of amidine groups is 2. The second-order valence-corrected chi connectivity index (χ2v) is 9.92. The van der Waals surface area contributed by atoms with Crippen LogP contribution in [0.25, 0.3) is 32.3 Å². The van der Waals surface area contributed by atoms with Gasteiger partial charge in [-0.05, 0) is 0 Å². The fourth-order valence-corrected chi connectivity index (χ4v) is 5.73. The molecule has 0 saturated carbocycles. The standard InChI is InChI=1S/C32H20N8/c1-2-10-18-17(9-1)25-33-26(18)38-28-21-13-5-6-14-22(21)30(35-28)40-32-24-16-8-7-15-23(24)31(36-32)39-29-20-12-4-3-11-19(20)27(34-29)37-25/h1-16,33-34,37H,(H,35,36,38,39,40). The molecule has 8 heteroatoms. The molecule has 4 aromatic carbocycles. The van der Waals surface area contributed by atoms with Crippen LogP contribution in [0.15, 0.2) is 117 Å². The van der Waals surface area contributed by atoms with Crippen molar-refractivity contribution in [1.29, 1.82) is 0 Å². The summed E-state index contributed by atoms with van der Waals surface area (Å²) in [4.78, 5) is 30.6. The molecule has 8 nitrogen and oxygen atoms in total. The first-order valence-electron chi connectivity index (χ1n) is 13.1. The maximum atomic E-state index is 5.09. The largest absolute Gasteiger partial charge is 0.327 e. The lowest BCUT2D eigenvalue weighted by Gasteiger charge is -2.03. The van der Waals surface area contributed by atoms with Gasteiger partial charge < -0.3 is 20.3 Å². The smallest absolute Gasteiger partial charge is 0.164 e. The lowest BCUT2D eigenvalue weighted by Crippen LogP contribution is -2.13. The van der Waals surface area contributed by atoms with E-state index < -0.39 is 0 Å². The molecule has 40 heavy (non-hydrogen) atoms. The number of fused-ring (bicyclic) bond motifs is 19. The quantitative estimate of drug-likeness (QED) is 0.187. The maximum absolute atomic E-state index is 5.09. The van der Waals surface area contributed by atoms with Crippen LogP contribution in [0, 0.1) is 0 Å². The Balaban J connectivity index is 1.43. The van der Waals surface area contributed by atoms with E-state index in [1.807, 2.05) is 60.7 Å². The Hall–Kier alpha value is -5.76. The number of benzene rings is 4. The number of aromatic nitrogens is 3. The molecule has 0 unspecified atom stereocenters. The molecule has 0 radical (unpaired) electrons. The number of rotatable bonds is 0. The predicted molar refractivity (Wildman–Crippen MR) is 159 cm³/mol. The molecule has 8 bridgehead atoms. The summed E-state index contributed by atoms with van der Waals surface area (Å²) in [5, 5.41) is 9.65. The van der Waals surface area contributed by atoms with Gasteiger partial charge in [0.15, 0.2) is 11.7 Å². The van der Waals surface area contributed by atoms with E-state index in [1.165, 1.54) is 0 Å². The highest BCUT2D eigenvalue weighted by atomic mass is 15.1. The van der Waals surface area contributed by atoms with Gasteiger partial charge in [-0.2, -0.15) is 0 Å². The Labute approximate surface area is 226 Å². The Morgan fingerprint density at radius 2 is 0.825 bits per heavy atom. The average molecular weight is 517 g/mol. The van der Waals surface area contributed by atoms with Crippen LogP contribution in [0.5, 0.6) is 0 Å². The molecule has 9 rings (SSSR count). The molecule has 7 aromatic rings. The van der Waals surface area contributed by atoms with Gasteiger partial charge in [0.2, 0.25) is 0 Å². The van der Waals surface area contributed by atoms with Gasteiger partial charge in [0, 0.05) is 43.4 Å². The van der Waals surface area contributed by atoms with Crippen LogP contribution in [-0.2, 0) is 0 Å². The maximum Gasteiger partial charge on any atom is 0.164 e. The highest BCUT2D eigenvalue weighted by Crippen LogP contribution is 2.38. The van der Waals surface area contributed by atoms with Crippen LogP contribution in [0.4, 0.5) is 23.3 Å². The van der Waals surface area contributed by atoms with Crippen LogP contribution >= 0.6 is 0 Å². The number of aliphatic imine (C=N–C) groups is 2. The molecule has 0 fully saturated rings. The zero-order valence-corrected chi connectivity index (χ0v) is 21.0. The van der Waals surface area contributed by atoms with Crippen LogP contribution < -0.4 is 16.3 Å². The van der Waals surface area contributed by atoms with E-state index in [0.717, 1.165) is 72.2 Å². The number of hydrogen-bond acceptors (Lipinski definition) is 5. The van der Waals surface area contributed by atoms with Gasteiger partial charge in [-0.3, -0.25) is 0 Å². The third kappa shape index (κ3) is 3.01.